The fourth-order valence-corrected chi connectivity index (χ4v) is 2.99. The maximum Gasteiger partial charge on any atom is 0.0624 e. The van der Waals surface area contributed by atoms with E-state index in [0.717, 1.165) is 28.6 Å². The normalized spacial score (nSPS) is 13.3. The molecule has 120 valence electrons. The number of halogens is 3. The predicted octanol–water partition coefficient (Wildman–Crippen LogP) is 5.51. The minimum atomic E-state index is -0.507. The molecule has 1 atom stereocenters. The number of hydrogen-bond acceptors (Lipinski definition) is 3. The molecule has 0 aliphatic carbocycles. The van der Waals surface area contributed by atoms with Crippen LogP contribution < -0.4 is 11.9 Å². The molecule has 0 fully saturated rings. The van der Waals surface area contributed by atoms with E-state index in [4.69, 9.17) is 28.9 Å². The summed E-state index contributed by atoms with van der Waals surface area (Å²) in [4.78, 5) is 4.47. The van der Waals surface area contributed by atoms with Crippen molar-refractivity contribution in [3.05, 3.63) is 62.3 Å². The van der Waals surface area contributed by atoms with Gasteiger partial charge in [-0.3, -0.25) is 4.98 Å². The largest absolute Gasteiger partial charge is 0.344 e. The van der Waals surface area contributed by atoms with Gasteiger partial charge in [-0.2, -0.15) is 0 Å². The highest BCUT2D eigenvalue weighted by Crippen LogP contribution is 2.30. The molecule has 6 heteroatoms. The molecule has 0 aliphatic heterocycles. The zero-order valence-corrected chi connectivity index (χ0v) is 15.5. The third-order valence-electron chi connectivity index (χ3n) is 3.44. The minimum absolute atomic E-state index is 0. The van der Waals surface area contributed by atoms with Gasteiger partial charge in [-0.15, -0.1) is 0 Å². The highest BCUT2D eigenvalue weighted by atomic mass is 79.9. The van der Waals surface area contributed by atoms with Crippen LogP contribution in [0.15, 0.2) is 41.0 Å². The van der Waals surface area contributed by atoms with Crippen LogP contribution in [0.3, 0.4) is 0 Å². The van der Waals surface area contributed by atoms with Crippen molar-refractivity contribution < 1.29 is 0 Å². The first-order valence-electron chi connectivity index (χ1n) is 6.79. The molecule has 0 saturated heterocycles. The third-order valence-corrected chi connectivity index (χ3v) is 4.65. The van der Waals surface area contributed by atoms with Crippen molar-refractivity contribution in [1.82, 2.24) is 11.1 Å². The first kappa shape index (κ1) is 19.4. The van der Waals surface area contributed by atoms with Crippen LogP contribution in [0.25, 0.3) is 0 Å². The Morgan fingerprint density at radius 3 is 2.45 bits per heavy atom. The Morgan fingerprint density at radius 1 is 1.18 bits per heavy atom. The van der Waals surface area contributed by atoms with E-state index in [-0.39, 0.29) is 6.15 Å². The van der Waals surface area contributed by atoms with E-state index in [1.165, 1.54) is 0 Å². The van der Waals surface area contributed by atoms with Crippen LogP contribution in [0, 0.1) is 0 Å². The molecule has 1 unspecified atom stereocenters. The lowest BCUT2D eigenvalue weighted by Gasteiger charge is -2.29. The summed E-state index contributed by atoms with van der Waals surface area (Å²) >= 11 is 15.5. The van der Waals surface area contributed by atoms with Gasteiger partial charge in [0.05, 0.1) is 21.3 Å². The van der Waals surface area contributed by atoms with Gasteiger partial charge < -0.3 is 11.9 Å². The van der Waals surface area contributed by atoms with Gasteiger partial charge in [0.15, 0.2) is 0 Å². The molecule has 0 aliphatic rings. The second kappa shape index (κ2) is 8.27. The van der Waals surface area contributed by atoms with Crippen molar-refractivity contribution in [3.8, 4) is 0 Å². The summed E-state index contributed by atoms with van der Waals surface area (Å²) in [6.45, 7) is 2.12. The lowest BCUT2D eigenvalue weighted by molar-refractivity contribution is 0.389. The zero-order valence-electron chi connectivity index (χ0n) is 12.5. The van der Waals surface area contributed by atoms with Gasteiger partial charge in [0, 0.05) is 10.7 Å². The van der Waals surface area contributed by atoms with Crippen LogP contribution in [0.4, 0.5) is 0 Å². The van der Waals surface area contributed by atoms with E-state index < -0.39 is 5.54 Å². The quantitative estimate of drug-likeness (QED) is 0.689. The Labute approximate surface area is 149 Å². The van der Waals surface area contributed by atoms with E-state index in [2.05, 4.69) is 27.8 Å². The number of aromatic nitrogens is 1. The Bertz CT molecular complexity index is 619. The van der Waals surface area contributed by atoms with Gasteiger partial charge in [-0.1, -0.05) is 42.6 Å². The number of hydrogen-bond donors (Lipinski definition) is 2. The van der Waals surface area contributed by atoms with Gasteiger partial charge in [0.25, 0.3) is 0 Å². The molecule has 5 N–H and O–H groups in total. The van der Waals surface area contributed by atoms with Crippen molar-refractivity contribution in [1.29, 1.82) is 0 Å². The van der Waals surface area contributed by atoms with Crippen molar-refractivity contribution in [2.75, 3.05) is 0 Å². The summed E-state index contributed by atoms with van der Waals surface area (Å²) in [6, 6.07) is 9.58. The molecule has 0 amide bonds. The molecule has 1 aromatic carbocycles. The Morgan fingerprint density at radius 2 is 1.91 bits per heavy atom. The molecular formula is C16H20BrCl2N3. The lowest BCUT2D eigenvalue weighted by Crippen LogP contribution is -2.39. The predicted molar refractivity (Wildman–Crippen MR) is 97.9 cm³/mol. The third kappa shape index (κ3) is 4.67. The van der Waals surface area contributed by atoms with Crippen LogP contribution in [0.1, 0.15) is 31.0 Å². The molecule has 3 nitrogen and oxygen atoms in total. The molecule has 0 bridgehead atoms. The van der Waals surface area contributed by atoms with Crippen molar-refractivity contribution in [2.45, 2.75) is 31.7 Å². The van der Waals surface area contributed by atoms with Gasteiger partial charge in [-0.05, 0) is 58.6 Å². The van der Waals surface area contributed by atoms with Crippen LogP contribution in [0.5, 0.6) is 0 Å². The van der Waals surface area contributed by atoms with Crippen molar-refractivity contribution in [3.63, 3.8) is 0 Å². The van der Waals surface area contributed by atoms with E-state index in [1.54, 1.807) is 12.3 Å². The van der Waals surface area contributed by atoms with Gasteiger partial charge >= 0.3 is 0 Å². The molecule has 2 rings (SSSR count). The second-order valence-corrected chi connectivity index (χ2v) is 6.92. The van der Waals surface area contributed by atoms with Crippen LogP contribution in [0.2, 0.25) is 10.0 Å². The second-order valence-electron chi connectivity index (χ2n) is 5.19. The van der Waals surface area contributed by atoms with Crippen molar-refractivity contribution in [2.24, 2.45) is 5.73 Å². The highest BCUT2D eigenvalue weighted by Gasteiger charge is 2.28. The fourth-order valence-electron chi connectivity index (χ4n) is 2.44. The standard InChI is InChI=1S/C16H17BrCl2N2.H3N/c1-2-7-16(20,15-6-4-12(17)10-21-15)9-11-3-5-13(18)14(19)8-11;/h3-6,8,10H,2,7,9,20H2,1H3;1H3. The molecular weight excluding hydrogens is 385 g/mol. The maximum absolute atomic E-state index is 6.65. The number of nitrogens with zero attached hydrogens (tertiary/aromatic N) is 1. The van der Waals surface area contributed by atoms with E-state index in [0.29, 0.717) is 16.5 Å². The first-order chi connectivity index (χ1) is 9.94. The average molecular weight is 405 g/mol. The Hall–Kier alpha value is -0.650. The van der Waals surface area contributed by atoms with E-state index >= 15 is 0 Å². The average Bonchev–Trinajstić information content (AvgIpc) is 2.44. The van der Waals surface area contributed by atoms with Gasteiger partial charge in [0.1, 0.15) is 0 Å². The first-order valence-corrected chi connectivity index (χ1v) is 8.34. The fraction of sp³-hybridized carbons (Fsp3) is 0.312. The summed E-state index contributed by atoms with van der Waals surface area (Å²) in [6.07, 6.45) is 4.28. The number of pyridine rings is 1. The molecule has 1 heterocycles. The Balaban J connectivity index is 0.00000242. The highest BCUT2D eigenvalue weighted by molar-refractivity contribution is 9.10. The van der Waals surface area contributed by atoms with Crippen LogP contribution >= 0.6 is 39.1 Å². The van der Waals surface area contributed by atoms with E-state index in [1.807, 2.05) is 24.3 Å². The summed E-state index contributed by atoms with van der Waals surface area (Å²) in [5.41, 5.74) is 8.09. The van der Waals surface area contributed by atoms with Crippen molar-refractivity contribution >= 4 is 39.1 Å². The number of rotatable bonds is 5. The summed E-state index contributed by atoms with van der Waals surface area (Å²) in [5, 5.41) is 1.11. The summed E-state index contributed by atoms with van der Waals surface area (Å²) in [7, 11) is 0. The number of benzene rings is 1. The molecule has 0 radical (unpaired) electrons. The summed E-state index contributed by atoms with van der Waals surface area (Å²) in [5.74, 6) is 0. The molecule has 0 spiro atoms. The number of nitrogens with two attached hydrogens (primary N) is 1. The van der Waals surface area contributed by atoms with Crippen LogP contribution in [-0.4, -0.2) is 4.98 Å². The minimum Gasteiger partial charge on any atom is -0.344 e. The smallest absolute Gasteiger partial charge is 0.0624 e. The molecule has 0 saturated carbocycles. The SMILES string of the molecule is CCCC(N)(Cc1ccc(Cl)c(Cl)c1)c1ccc(Br)cn1.N. The topological polar surface area (TPSA) is 73.9 Å². The summed E-state index contributed by atoms with van der Waals surface area (Å²) < 4.78 is 0.944. The van der Waals surface area contributed by atoms with Gasteiger partial charge in [0.2, 0.25) is 0 Å². The lowest BCUT2D eigenvalue weighted by atomic mass is 9.84. The molecule has 22 heavy (non-hydrogen) atoms. The van der Waals surface area contributed by atoms with Gasteiger partial charge in [-0.25, -0.2) is 0 Å². The maximum atomic E-state index is 6.65. The van der Waals surface area contributed by atoms with Crippen LogP contribution in [-0.2, 0) is 12.0 Å². The molecule has 2 aromatic rings. The zero-order chi connectivity index (χ0) is 15.5. The monoisotopic (exact) mass is 403 g/mol. The van der Waals surface area contributed by atoms with E-state index in [9.17, 15) is 0 Å². The molecule has 1 aromatic heterocycles. The Kier molecular flexibility index (Phi) is 7.29.